The first-order valence-corrected chi connectivity index (χ1v) is 11.2. The lowest BCUT2D eigenvalue weighted by molar-refractivity contribution is -0.143. The monoisotopic (exact) mass is 424 g/mol. The fourth-order valence-corrected chi connectivity index (χ4v) is 3.88. The van der Waals surface area contributed by atoms with E-state index in [-0.39, 0.29) is 29.3 Å². The molecule has 0 fully saturated rings. The number of hydrogen-bond donors (Lipinski definition) is 2. The van der Waals surface area contributed by atoms with Crippen molar-refractivity contribution in [2.24, 2.45) is 16.7 Å². The largest absolute Gasteiger partial charge is 0.478 e. The molecule has 0 saturated heterocycles. The summed E-state index contributed by atoms with van der Waals surface area (Å²) in [6.45, 7) is 17.3. The summed E-state index contributed by atoms with van der Waals surface area (Å²) in [6.07, 6.45) is 4.74. The summed E-state index contributed by atoms with van der Waals surface area (Å²) in [6, 6.07) is -1.09. The van der Waals surface area contributed by atoms with Gasteiger partial charge >= 0.3 is 5.97 Å². The number of likely N-dealkylation sites (N-methyl/N-ethyl adjacent to an activating group) is 1. The molecule has 2 N–H and O–H groups in total. The van der Waals surface area contributed by atoms with Crippen molar-refractivity contribution in [1.82, 2.24) is 10.2 Å². The average Bonchev–Trinajstić information content (AvgIpc) is 2.65. The predicted molar refractivity (Wildman–Crippen MR) is 122 cm³/mol. The Kier molecular flexibility index (Phi) is 10.8. The number of carboxylic acids is 1. The number of hydrogen-bond acceptors (Lipinski definition) is 3. The molecule has 0 aromatic rings. The van der Waals surface area contributed by atoms with E-state index in [9.17, 15) is 19.5 Å². The second-order valence-electron chi connectivity index (χ2n) is 9.85. The number of carboxylic acid groups (broad SMARTS) is 1. The molecule has 0 saturated carbocycles. The van der Waals surface area contributed by atoms with E-state index in [1.807, 2.05) is 48.5 Å². The molecular weight excluding hydrogens is 380 g/mol. The van der Waals surface area contributed by atoms with Crippen LogP contribution in [0.25, 0.3) is 0 Å². The molecule has 0 bridgehead atoms. The van der Waals surface area contributed by atoms with E-state index in [1.165, 1.54) is 6.92 Å². The Labute approximate surface area is 183 Å². The minimum Gasteiger partial charge on any atom is -0.478 e. The van der Waals surface area contributed by atoms with Crippen LogP contribution >= 0.6 is 0 Å². The summed E-state index contributed by atoms with van der Waals surface area (Å²) >= 11 is 0. The van der Waals surface area contributed by atoms with Crippen molar-refractivity contribution in [3.63, 3.8) is 0 Å². The molecule has 6 heteroatoms. The van der Waals surface area contributed by atoms with Crippen LogP contribution in [0.4, 0.5) is 0 Å². The molecule has 174 valence electrons. The van der Waals surface area contributed by atoms with Gasteiger partial charge in [0.15, 0.2) is 0 Å². The molecule has 0 aromatic carbocycles. The lowest BCUT2D eigenvalue weighted by Crippen LogP contribution is -2.58. The maximum absolute atomic E-state index is 13.5. The van der Waals surface area contributed by atoms with Crippen molar-refractivity contribution in [1.29, 1.82) is 0 Å². The second kappa shape index (κ2) is 11.5. The summed E-state index contributed by atoms with van der Waals surface area (Å²) in [4.78, 5) is 39.7. The van der Waals surface area contributed by atoms with Gasteiger partial charge < -0.3 is 15.3 Å². The molecule has 0 spiro atoms. The Balaban J connectivity index is 5.99. The molecule has 0 aliphatic carbocycles. The molecule has 2 amide bonds. The van der Waals surface area contributed by atoms with Crippen LogP contribution in [0.15, 0.2) is 11.6 Å². The molecule has 0 aliphatic rings. The molecule has 0 rings (SSSR count). The van der Waals surface area contributed by atoms with Crippen LogP contribution in [-0.2, 0) is 14.4 Å². The third-order valence-electron chi connectivity index (χ3n) is 6.19. The fraction of sp³-hybridized carbons (Fsp3) is 0.792. The highest BCUT2D eigenvalue weighted by atomic mass is 16.4. The van der Waals surface area contributed by atoms with Crippen LogP contribution in [0.3, 0.4) is 0 Å². The number of aliphatic carboxylic acids is 1. The van der Waals surface area contributed by atoms with Crippen molar-refractivity contribution in [3.05, 3.63) is 11.6 Å². The molecule has 2 atom stereocenters. The second-order valence-corrected chi connectivity index (χ2v) is 9.85. The van der Waals surface area contributed by atoms with Gasteiger partial charge in [-0.1, -0.05) is 67.9 Å². The number of nitrogens with one attached hydrogen (secondary N) is 1. The Bertz CT molecular complexity index is 628. The van der Waals surface area contributed by atoms with Crippen molar-refractivity contribution in [3.8, 4) is 0 Å². The SMILES string of the molecule is CCCC(CC)(CC)C(=O)N[C@H](C(=O)N(C)[C@H](/C=C(\C)C(=O)O)C(C)C)C(C)(C)C. The standard InChI is InChI=1S/C24H44N2O4/c1-11-14-24(12-2,13-3)22(30)25-19(23(7,8)9)20(27)26(10)18(16(4)5)15-17(6)21(28)29/h15-16,18-19H,11-14H2,1-10H3,(H,25,30)(H,28,29)/b17-15+/t18-,19-/m1/s1. The van der Waals surface area contributed by atoms with Crippen molar-refractivity contribution in [2.75, 3.05) is 7.05 Å². The van der Waals surface area contributed by atoms with Gasteiger partial charge in [0.2, 0.25) is 11.8 Å². The number of carbonyl (C=O) groups excluding carboxylic acids is 2. The quantitative estimate of drug-likeness (QED) is 0.473. The minimum atomic E-state index is -1.00. The third-order valence-corrected chi connectivity index (χ3v) is 6.19. The maximum atomic E-state index is 13.5. The lowest BCUT2D eigenvalue weighted by Gasteiger charge is -2.39. The maximum Gasteiger partial charge on any atom is 0.331 e. The first kappa shape index (κ1) is 28.1. The van der Waals surface area contributed by atoms with Gasteiger partial charge in [0, 0.05) is 18.0 Å². The van der Waals surface area contributed by atoms with Crippen LogP contribution < -0.4 is 5.32 Å². The van der Waals surface area contributed by atoms with E-state index >= 15 is 0 Å². The molecule has 0 aliphatic heterocycles. The molecule has 0 radical (unpaired) electrons. The summed E-state index contributed by atoms with van der Waals surface area (Å²) in [5.74, 6) is -1.26. The van der Waals surface area contributed by atoms with Gasteiger partial charge in [-0.05, 0) is 37.5 Å². The first-order valence-electron chi connectivity index (χ1n) is 11.2. The van der Waals surface area contributed by atoms with E-state index in [2.05, 4.69) is 12.2 Å². The van der Waals surface area contributed by atoms with E-state index in [0.717, 1.165) is 25.7 Å². The van der Waals surface area contributed by atoms with Gasteiger partial charge in [-0.3, -0.25) is 9.59 Å². The van der Waals surface area contributed by atoms with E-state index in [1.54, 1.807) is 18.0 Å². The van der Waals surface area contributed by atoms with Gasteiger partial charge in [0.25, 0.3) is 0 Å². The molecule has 30 heavy (non-hydrogen) atoms. The first-order chi connectivity index (χ1) is 13.7. The Morgan fingerprint density at radius 2 is 1.57 bits per heavy atom. The number of amides is 2. The summed E-state index contributed by atoms with van der Waals surface area (Å²) in [5, 5.41) is 12.3. The number of rotatable bonds is 11. The number of carbonyl (C=O) groups is 3. The van der Waals surface area contributed by atoms with Crippen LogP contribution in [0, 0.1) is 16.7 Å². The van der Waals surface area contributed by atoms with Gasteiger partial charge in [0.1, 0.15) is 6.04 Å². The fourth-order valence-electron chi connectivity index (χ4n) is 3.88. The smallest absolute Gasteiger partial charge is 0.331 e. The summed E-state index contributed by atoms with van der Waals surface area (Å²) < 4.78 is 0. The summed E-state index contributed by atoms with van der Waals surface area (Å²) in [7, 11) is 1.68. The van der Waals surface area contributed by atoms with Crippen LogP contribution in [0.1, 0.15) is 88.0 Å². The highest BCUT2D eigenvalue weighted by Gasteiger charge is 2.41. The van der Waals surface area contributed by atoms with Gasteiger partial charge in [-0.15, -0.1) is 0 Å². The van der Waals surface area contributed by atoms with Crippen LogP contribution in [-0.4, -0.2) is 46.9 Å². The highest BCUT2D eigenvalue weighted by Crippen LogP contribution is 2.33. The van der Waals surface area contributed by atoms with E-state index < -0.39 is 22.8 Å². The highest BCUT2D eigenvalue weighted by molar-refractivity contribution is 5.91. The molecule has 0 unspecified atom stereocenters. The van der Waals surface area contributed by atoms with Crippen LogP contribution in [0.5, 0.6) is 0 Å². The number of nitrogens with zero attached hydrogens (tertiary/aromatic N) is 1. The van der Waals surface area contributed by atoms with E-state index in [4.69, 9.17) is 0 Å². The normalized spacial score (nSPS) is 15.0. The zero-order valence-corrected chi connectivity index (χ0v) is 20.8. The Hall–Kier alpha value is -1.85. The van der Waals surface area contributed by atoms with Crippen molar-refractivity contribution < 1.29 is 19.5 Å². The van der Waals surface area contributed by atoms with Crippen molar-refractivity contribution in [2.45, 2.75) is 100 Å². The Morgan fingerprint density at radius 1 is 1.07 bits per heavy atom. The van der Waals surface area contributed by atoms with E-state index in [0.29, 0.717) is 0 Å². The topological polar surface area (TPSA) is 86.7 Å². The lowest BCUT2D eigenvalue weighted by atomic mass is 9.76. The molecule has 6 nitrogen and oxygen atoms in total. The average molecular weight is 425 g/mol. The zero-order chi connectivity index (χ0) is 23.9. The minimum absolute atomic E-state index is 0.0232. The summed E-state index contributed by atoms with van der Waals surface area (Å²) in [5.41, 5.74) is -0.773. The van der Waals surface area contributed by atoms with Crippen molar-refractivity contribution >= 4 is 17.8 Å². The third kappa shape index (κ3) is 7.13. The zero-order valence-electron chi connectivity index (χ0n) is 20.8. The van der Waals surface area contributed by atoms with Gasteiger partial charge in [-0.25, -0.2) is 4.79 Å². The van der Waals surface area contributed by atoms with Crippen LogP contribution in [0.2, 0.25) is 0 Å². The molecular formula is C24H44N2O4. The molecule has 0 aromatic heterocycles. The van der Waals surface area contributed by atoms with Gasteiger partial charge in [-0.2, -0.15) is 0 Å². The van der Waals surface area contributed by atoms with Gasteiger partial charge in [0.05, 0.1) is 6.04 Å². The molecule has 0 heterocycles. The Morgan fingerprint density at radius 3 is 1.90 bits per heavy atom. The predicted octanol–water partition coefficient (Wildman–Crippen LogP) is 4.64.